The molecule has 0 aliphatic heterocycles. The van der Waals surface area contributed by atoms with Gasteiger partial charge in [0.15, 0.2) is 0 Å². The number of hydrogen-bond acceptors (Lipinski definition) is 3. The fraction of sp³-hybridized carbons (Fsp3) is 0.800. The number of aliphatic hydroxyl groups is 1. The summed E-state index contributed by atoms with van der Waals surface area (Å²) in [6, 6.07) is 0. The number of rotatable bonds is 3. The molecule has 0 saturated carbocycles. The molecule has 1 aromatic rings. The van der Waals surface area contributed by atoms with Crippen molar-refractivity contribution in [3.8, 4) is 0 Å². The monoisotopic (exact) mass is 199 g/mol. The first-order valence-electron chi connectivity index (χ1n) is 5.07. The molecule has 1 N–H and O–H groups in total. The molecule has 82 valence electrons. The largest absolute Gasteiger partial charge is 0.388 e. The molecule has 0 aromatic carbocycles. The molecule has 4 nitrogen and oxygen atoms in total. The van der Waals surface area contributed by atoms with Crippen LogP contribution in [0.4, 0.5) is 0 Å². The van der Waals surface area contributed by atoms with Crippen molar-refractivity contribution in [3.63, 3.8) is 0 Å². The van der Waals surface area contributed by atoms with E-state index in [1.807, 2.05) is 27.7 Å². The van der Waals surface area contributed by atoms with E-state index in [9.17, 15) is 5.11 Å². The summed E-state index contributed by atoms with van der Waals surface area (Å²) in [5.74, 6) is 0.210. The normalized spacial score (nSPS) is 14.5. The van der Waals surface area contributed by atoms with Crippen LogP contribution in [-0.4, -0.2) is 25.5 Å². The maximum Gasteiger partial charge on any atom is 0.137 e. The topological polar surface area (TPSA) is 50.9 Å². The molecule has 0 fully saturated rings. The van der Waals surface area contributed by atoms with Gasteiger partial charge >= 0.3 is 0 Å². The molecule has 1 rings (SSSR count). The van der Waals surface area contributed by atoms with Gasteiger partial charge in [-0.2, -0.15) is 5.10 Å². The van der Waals surface area contributed by atoms with Crippen LogP contribution in [0.1, 0.15) is 34.6 Å². The van der Waals surface area contributed by atoms with Crippen LogP contribution in [0.3, 0.4) is 0 Å². The summed E-state index contributed by atoms with van der Waals surface area (Å²) in [7, 11) is 0. The maximum absolute atomic E-state index is 9.87. The molecule has 0 amide bonds. The van der Waals surface area contributed by atoms with Gasteiger partial charge in [0.25, 0.3) is 0 Å². The summed E-state index contributed by atoms with van der Waals surface area (Å²) in [6.45, 7) is 10.3. The van der Waals surface area contributed by atoms with Gasteiger partial charge in [-0.3, -0.25) is 4.68 Å². The van der Waals surface area contributed by atoms with Gasteiger partial charge in [-0.15, -0.1) is 0 Å². The van der Waals surface area contributed by atoms with Crippen molar-refractivity contribution in [2.75, 3.05) is 0 Å². The molecule has 1 atom stereocenters. The smallest absolute Gasteiger partial charge is 0.137 e. The lowest BCUT2D eigenvalue weighted by Gasteiger charge is -2.26. The Hall–Kier alpha value is -0.900. The Kier molecular flexibility index (Phi) is 5.38. The van der Waals surface area contributed by atoms with E-state index < -0.39 is 5.60 Å². The van der Waals surface area contributed by atoms with Crippen molar-refractivity contribution in [2.45, 2.75) is 46.8 Å². The van der Waals surface area contributed by atoms with E-state index in [1.165, 1.54) is 6.33 Å². The second-order valence-electron chi connectivity index (χ2n) is 3.60. The molecule has 0 spiro atoms. The molecule has 4 heteroatoms. The van der Waals surface area contributed by atoms with Crippen LogP contribution in [-0.2, 0) is 6.54 Å². The molecule has 0 bridgehead atoms. The first kappa shape index (κ1) is 13.1. The van der Waals surface area contributed by atoms with Gasteiger partial charge in [-0.1, -0.05) is 27.7 Å². The zero-order valence-corrected chi connectivity index (χ0v) is 9.73. The van der Waals surface area contributed by atoms with Gasteiger partial charge in [0.05, 0.1) is 12.1 Å². The molecule has 14 heavy (non-hydrogen) atoms. The van der Waals surface area contributed by atoms with Crippen LogP contribution in [0, 0.1) is 5.92 Å². The Morgan fingerprint density at radius 2 is 2.00 bits per heavy atom. The molecule has 1 heterocycles. The molecule has 1 aromatic heterocycles. The summed E-state index contributed by atoms with van der Waals surface area (Å²) in [5, 5.41) is 13.8. The van der Waals surface area contributed by atoms with Gasteiger partial charge < -0.3 is 5.11 Å². The minimum atomic E-state index is -0.715. The first-order valence-corrected chi connectivity index (χ1v) is 5.07. The third-order valence-electron chi connectivity index (χ3n) is 2.19. The van der Waals surface area contributed by atoms with Crippen molar-refractivity contribution in [3.05, 3.63) is 12.7 Å². The van der Waals surface area contributed by atoms with Gasteiger partial charge in [0, 0.05) is 0 Å². The highest BCUT2D eigenvalue weighted by Crippen LogP contribution is 2.17. The zero-order chi connectivity index (χ0) is 11.2. The van der Waals surface area contributed by atoms with Crippen LogP contribution in [0.5, 0.6) is 0 Å². The number of aromatic nitrogens is 3. The third-order valence-corrected chi connectivity index (χ3v) is 2.19. The molecule has 1 unspecified atom stereocenters. The number of hydrogen-bond donors (Lipinski definition) is 1. The van der Waals surface area contributed by atoms with Gasteiger partial charge in [0.1, 0.15) is 12.7 Å². The molecular formula is C10H21N3O. The quantitative estimate of drug-likeness (QED) is 0.806. The fourth-order valence-corrected chi connectivity index (χ4v) is 0.825. The van der Waals surface area contributed by atoms with Crippen molar-refractivity contribution in [1.82, 2.24) is 14.8 Å². The summed E-state index contributed by atoms with van der Waals surface area (Å²) in [4.78, 5) is 3.81. The Morgan fingerprint density at radius 1 is 1.43 bits per heavy atom. The molecule has 0 aliphatic carbocycles. The minimum Gasteiger partial charge on any atom is -0.388 e. The third kappa shape index (κ3) is 3.87. The average molecular weight is 199 g/mol. The van der Waals surface area contributed by atoms with E-state index in [0.717, 1.165) is 0 Å². The average Bonchev–Trinajstić information content (AvgIpc) is 2.59. The molecule has 0 aliphatic rings. The van der Waals surface area contributed by atoms with Crippen LogP contribution < -0.4 is 0 Å². The van der Waals surface area contributed by atoms with Crippen molar-refractivity contribution >= 4 is 0 Å². The highest BCUT2D eigenvalue weighted by molar-refractivity contribution is 4.76. The van der Waals surface area contributed by atoms with E-state index in [0.29, 0.717) is 6.54 Å². The van der Waals surface area contributed by atoms with Crippen LogP contribution in [0.2, 0.25) is 0 Å². The van der Waals surface area contributed by atoms with Crippen LogP contribution >= 0.6 is 0 Å². The minimum absolute atomic E-state index is 0.210. The summed E-state index contributed by atoms with van der Waals surface area (Å²) >= 11 is 0. The summed E-state index contributed by atoms with van der Waals surface area (Å²) in [6.07, 6.45) is 3.08. The van der Waals surface area contributed by atoms with E-state index in [-0.39, 0.29) is 5.92 Å². The van der Waals surface area contributed by atoms with Crippen molar-refractivity contribution in [2.24, 2.45) is 5.92 Å². The lowest BCUT2D eigenvalue weighted by molar-refractivity contribution is -0.00576. The molecule has 0 saturated heterocycles. The SMILES string of the molecule is CC.CC(C)C(C)(O)Cn1cncn1. The summed E-state index contributed by atoms with van der Waals surface area (Å²) in [5.41, 5.74) is -0.715. The van der Waals surface area contributed by atoms with Crippen molar-refractivity contribution < 1.29 is 5.11 Å². The Morgan fingerprint density at radius 3 is 2.36 bits per heavy atom. The van der Waals surface area contributed by atoms with Gasteiger partial charge in [-0.05, 0) is 12.8 Å². The Labute approximate surface area is 86.0 Å². The van der Waals surface area contributed by atoms with Gasteiger partial charge in [-0.25, -0.2) is 4.98 Å². The Balaban J connectivity index is 0.000000791. The summed E-state index contributed by atoms with van der Waals surface area (Å²) < 4.78 is 1.64. The lowest BCUT2D eigenvalue weighted by atomic mass is 9.93. The first-order chi connectivity index (χ1) is 6.52. The second-order valence-corrected chi connectivity index (χ2v) is 3.60. The highest BCUT2D eigenvalue weighted by atomic mass is 16.3. The molecular weight excluding hydrogens is 178 g/mol. The van der Waals surface area contributed by atoms with Crippen LogP contribution in [0.25, 0.3) is 0 Å². The fourth-order valence-electron chi connectivity index (χ4n) is 0.825. The standard InChI is InChI=1S/C8H15N3O.C2H6/c1-7(2)8(3,12)4-11-6-9-5-10-11;1-2/h5-7,12H,4H2,1-3H3;1-2H3. The van der Waals surface area contributed by atoms with Crippen LogP contribution in [0.15, 0.2) is 12.7 Å². The Bertz CT molecular complexity index is 230. The second kappa shape index (κ2) is 5.75. The van der Waals surface area contributed by atoms with E-state index in [1.54, 1.807) is 17.9 Å². The molecule has 0 radical (unpaired) electrons. The van der Waals surface area contributed by atoms with Crippen molar-refractivity contribution in [1.29, 1.82) is 0 Å². The predicted octanol–water partition coefficient (Wildman–Crippen LogP) is 1.71. The van der Waals surface area contributed by atoms with E-state index in [4.69, 9.17) is 0 Å². The van der Waals surface area contributed by atoms with E-state index in [2.05, 4.69) is 10.1 Å². The predicted molar refractivity (Wildman–Crippen MR) is 56.8 cm³/mol. The lowest BCUT2D eigenvalue weighted by Crippen LogP contribution is -2.36. The zero-order valence-electron chi connectivity index (χ0n) is 9.73. The highest BCUT2D eigenvalue weighted by Gasteiger charge is 2.25. The van der Waals surface area contributed by atoms with Gasteiger partial charge in [0.2, 0.25) is 0 Å². The maximum atomic E-state index is 9.87. The number of nitrogens with zero attached hydrogens (tertiary/aromatic N) is 3. The van der Waals surface area contributed by atoms with E-state index >= 15 is 0 Å².